The van der Waals surface area contributed by atoms with Crippen LogP contribution in [0, 0.1) is 6.92 Å². The topological polar surface area (TPSA) is 38.7 Å². The first kappa shape index (κ1) is 14.4. The number of aryl methyl sites for hydroxylation is 1. The molecular formula is C17H17BrO3. The van der Waals surface area contributed by atoms with Crippen LogP contribution >= 0.6 is 15.9 Å². The number of hydrogen-bond donors (Lipinski definition) is 1. The van der Waals surface area contributed by atoms with Crippen LogP contribution in [0.2, 0.25) is 0 Å². The van der Waals surface area contributed by atoms with Crippen molar-refractivity contribution < 1.29 is 14.6 Å². The molecule has 0 saturated heterocycles. The molecule has 0 amide bonds. The van der Waals surface area contributed by atoms with E-state index in [4.69, 9.17) is 9.47 Å². The lowest BCUT2D eigenvalue weighted by molar-refractivity contribution is 0.0651. The van der Waals surface area contributed by atoms with Gasteiger partial charge in [0.15, 0.2) is 0 Å². The number of aliphatic hydroxyl groups excluding tert-OH is 1. The predicted molar refractivity (Wildman–Crippen MR) is 84.8 cm³/mol. The van der Waals surface area contributed by atoms with Gasteiger partial charge in [-0.05, 0) is 36.8 Å². The van der Waals surface area contributed by atoms with E-state index in [9.17, 15) is 5.11 Å². The van der Waals surface area contributed by atoms with E-state index in [-0.39, 0.29) is 6.10 Å². The standard InChI is InChI=1S/C17H17BrO3/c1-10-3-5-12(14(18)7-10)17-9-15(19)13-8-11(20-2)4-6-16(13)21-17/h3-8,15,17,19H,9H2,1-2H3/t15-,17?/m0/s1. The molecule has 21 heavy (non-hydrogen) atoms. The summed E-state index contributed by atoms with van der Waals surface area (Å²) in [5.41, 5.74) is 3.03. The molecule has 2 aromatic rings. The highest BCUT2D eigenvalue weighted by Crippen LogP contribution is 2.43. The molecule has 0 fully saturated rings. The Morgan fingerprint density at radius 2 is 2.00 bits per heavy atom. The van der Waals surface area contributed by atoms with Gasteiger partial charge in [-0.3, -0.25) is 0 Å². The van der Waals surface area contributed by atoms with E-state index >= 15 is 0 Å². The number of hydrogen-bond acceptors (Lipinski definition) is 3. The van der Waals surface area contributed by atoms with Gasteiger partial charge in [-0.15, -0.1) is 0 Å². The van der Waals surface area contributed by atoms with Crippen molar-refractivity contribution >= 4 is 15.9 Å². The largest absolute Gasteiger partial charge is 0.497 e. The number of methoxy groups -OCH3 is 1. The Labute approximate surface area is 132 Å². The quantitative estimate of drug-likeness (QED) is 0.877. The lowest BCUT2D eigenvalue weighted by Gasteiger charge is -2.30. The first-order valence-electron chi connectivity index (χ1n) is 6.87. The van der Waals surface area contributed by atoms with Gasteiger partial charge < -0.3 is 14.6 Å². The second kappa shape index (κ2) is 5.70. The zero-order valence-corrected chi connectivity index (χ0v) is 13.6. The Bertz CT molecular complexity index is 669. The van der Waals surface area contributed by atoms with Crippen molar-refractivity contribution in [1.82, 2.24) is 0 Å². The molecule has 0 bridgehead atoms. The smallest absolute Gasteiger partial charge is 0.128 e. The van der Waals surface area contributed by atoms with Gasteiger partial charge in [-0.25, -0.2) is 0 Å². The monoisotopic (exact) mass is 348 g/mol. The van der Waals surface area contributed by atoms with Gasteiger partial charge in [-0.1, -0.05) is 28.1 Å². The fourth-order valence-corrected chi connectivity index (χ4v) is 3.38. The minimum Gasteiger partial charge on any atom is -0.497 e. The maximum absolute atomic E-state index is 10.4. The molecule has 2 atom stereocenters. The molecule has 0 radical (unpaired) electrons. The zero-order chi connectivity index (χ0) is 15.0. The Morgan fingerprint density at radius 3 is 2.71 bits per heavy atom. The average Bonchev–Trinajstić information content (AvgIpc) is 2.47. The van der Waals surface area contributed by atoms with E-state index < -0.39 is 6.10 Å². The van der Waals surface area contributed by atoms with Crippen LogP contribution in [0.25, 0.3) is 0 Å². The SMILES string of the molecule is COc1ccc2c(c1)[C@@H](O)CC(c1ccc(C)cc1Br)O2. The summed E-state index contributed by atoms with van der Waals surface area (Å²) in [5.74, 6) is 1.44. The van der Waals surface area contributed by atoms with E-state index in [0.29, 0.717) is 12.2 Å². The summed E-state index contributed by atoms with van der Waals surface area (Å²) in [6.45, 7) is 2.05. The lowest BCUT2D eigenvalue weighted by Crippen LogP contribution is -2.19. The first-order chi connectivity index (χ1) is 10.1. The Kier molecular flexibility index (Phi) is 3.91. The number of ether oxygens (including phenoxy) is 2. The number of aliphatic hydroxyl groups is 1. The molecule has 3 nitrogen and oxygen atoms in total. The van der Waals surface area contributed by atoms with Gasteiger partial charge in [0.2, 0.25) is 0 Å². The van der Waals surface area contributed by atoms with Crippen molar-refractivity contribution in [2.24, 2.45) is 0 Å². The van der Waals surface area contributed by atoms with Crippen LogP contribution in [-0.4, -0.2) is 12.2 Å². The molecule has 1 heterocycles. The highest BCUT2D eigenvalue weighted by molar-refractivity contribution is 9.10. The summed E-state index contributed by atoms with van der Waals surface area (Å²) in [6, 6.07) is 11.7. The second-order valence-corrected chi connectivity index (χ2v) is 6.14. The minimum atomic E-state index is -0.554. The number of fused-ring (bicyclic) bond motifs is 1. The molecule has 1 aliphatic rings. The van der Waals surface area contributed by atoms with Crippen LogP contribution in [0.4, 0.5) is 0 Å². The van der Waals surface area contributed by atoms with Crippen molar-refractivity contribution in [3.63, 3.8) is 0 Å². The van der Waals surface area contributed by atoms with Crippen LogP contribution in [0.15, 0.2) is 40.9 Å². The van der Waals surface area contributed by atoms with E-state index in [2.05, 4.69) is 28.1 Å². The molecule has 3 rings (SSSR count). The summed E-state index contributed by atoms with van der Waals surface area (Å²) < 4.78 is 12.3. The molecule has 1 unspecified atom stereocenters. The molecule has 4 heteroatoms. The number of halogens is 1. The molecule has 1 aliphatic heterocycles. The molecule has 0 aromatic heterocycles. The number of rotatable bonds is 2. The van der Waals surface area contributed by atoms with Crippen LogP contribution in [0.1, 0.15) is 35.3 Å². The van der Waals surface area contributed by atoms with Crippen LogP contribution < -0.4 is 9.47 Å². The highest BCUT2D eigenvalue weighted by atomic mass is 79.9. The Balaban J connectivity index is 1.94. The Morgan fingerprint density at radius 1 is 1.19 bits per heavy atom. The van der Waals surface area contributed by atoms with E-state index in [0.717, 1.165) is 21.3 Å². The van der Waals surface area contributed by atoms with Crippen molar-refractivity contribution in [2.75, 3.05) is 7.11 Å². The van der Waals surface area contributed by atoms with Crippen molar-refractivity contribution in [1.29, 1.82) is 0 Å². The minimum absolute atomic E-state index is 0.157. The second-order valence-electron chi connectivity index (χ2n) is 5.29. The summed E-state index contributed by atoms with van der Waals surface area (Å²) in [7, 11) is 1.62. The zero-order valence-electron chi connectivity index (χ0n) is 12.0. The predicted octanol–water partition coefficient (Wildman–Crippen LogP) is 4.32. The molecule has 0 spiro atoms. The lowest BCUT2D eigenvalue weighted by atomic mass is 9.94. The molecular weight excluding hydrogens is 332 g/mol. The van der Waals surface area contributed by atoms with Crippen LogP contribution in [0.3, 0.4) is 0 Å². The molecule has 2 aromatic carbocycles. The van der Waals surface area contributed by atoms with Gasteiger partial charge in [0.1, 0.15) is 17.6 Å². The van der Waals surface area contributed by atoms with Crippen LogP contribution in [-0.2, 0) is 0 Å². The van der Waals surface area contributed by atoms with Crippen LogP contribution in [0.5, 0.6) is 11.5 Å². The van der Waals surface area contributed by atoms with E-state index in [1.54, 1.807) is 7.11 Å². The molecule has 110 valence electrons. The van der Waals surface area contributed by atoms with Gasteiger partial charge in [0.05, 0.1) is 13.2 Å². The molecule has 0 saturated carbocycles. The molecule has 1 N–H and O–H groups in total. The highest BCUT2D eigenvalue weighted by Gasteiger charge is 2.29. The third-order valence-electron chi connectivity index (χ3n) is 3.79. The summed E-state index contributed by atoms with van der Waals surface area (Å²) in [5, 5.41) is 10.4. The average molecular weight is 349 g/mol. The third kappa shape index (κ3) is 2.78. The first-order valence-corrected chi connectivity index (χ1v) is 7.66. The van der Waals surface area contributed by atoms with Crippen molar-refractivity contribution in [3.05, 3.63) is 57.6 Å². The fraction of sp³-hybridized carbons (Fsp3) is 0.294. The summed E-state index contributed by atoms with van der Waals surface area (Å²) in [6.07, 6.45) is -0.181. The normalized spacial score (nSPS) is 20.6. The van der Waals surface area contributed by atoms with Crippen molar-refractivity contribution in [2.45, 2.75) is 25.6 Å². The fourth-order valence-electron chi connectivity index (χ4n) is 2.64. The number of benzene rings is 2. The third-order valence-corrected chi connectivity index (χ3v) is 4.47. The summed E-state index contributed by atoms with van der Waals surface area (Å²) >= 11 is 3.58. The Hall–Kier alpha value is -1.52. The molecule has 0 aliphatic carbocycles. The van der Waals surface area contributed by atoms with Gasteiger partial charge >= 0.3 is 0 Å². The van der Waals surface area contributed by atoms with E-state index in [1.165, 1.54) is 5.56 Å². The van der Waals surface area contributed by atoms with Gasteiger partial charge in [0.25, 0.3) is 0 Å². The maximum atomic E-state index is 10.4. The maximum Gasteiger partial charge on any atom is 0.128 e. The van der Waals surface area contributed by atoms with Crippen molar-refractivity contribution in [3.8, 4) is 11.5 Å². The van der Waals surface area contributed by atoms with E-state index in [1.807, 2.05) is 31.2 Å². The van der Waals surface area contributed by atoms with Gasteiger partial charge in [0, 0.05) is 22.0 Å². The van der Waals surface area contributed by atoms with Gasteiger partial charge in [-0.2, -0.15) is 0 Å². The summed E-state index contributed by atoms with van der Waals surface area (Å²) in [4.78, 5) is 0.